The Balaban J connectivity index is 1.46. The van der Waals surface area contributed by atoms with Crippen molar-refractivity contribution in [1.82, 2.24) is 9.62 Å². The van der Waals surface area contributed by atoms with Gasteiger partial charge in [0.2, 0.25) is 15.9 Å². The van der Waals surface area contributed by atoms with Crippen molar-refractivity contribution in [3.05, 3.63) is 64.7 Å². The van der Waals surface area contributed by atoms with E-state index in [4.69, 9.17) is 16.3 Å². The zero-order chi connectivity index (χ0) is 24.3. The third-order valence-electron chi connectivity index (χ3n) is 7.21. The van der Waals surface area contributed by atoms with Crippen LogP contribution >= 0.6 is 11.6 Å². The molecule has 34 heavy (non-hydrogen) atoms. The van der Waals surface area contributed by atoms with Crippen LogP contribution in [0.4, 0.5) is 0 Å². The number of para-hydroxylation sites is 1. The highest BCUT2D eigenvalue weighted by molar-refractivity contribution is 7.88. The second-order valence-electron chi connectivity index (χ2n) is 9.38. The molecule has 0 unspecified atom stereocenters. The summed E-state index contributed by atoms with van der Waals surface area (Å²) in [4.78, 5) is 13.3. The van der Waals surface area contributed by atoms with Gasteiger partial charge in [-0.2, -0.15) is 0 Å². The van der Waals surface area contributed by atoms with E-state index < -0.39 is 10.0 Å². The number of hydrogen-bond donors (Lipinski definition) is 1. The fourth-order valence-corrected chi connectivity index (χ4v) is 6.75. The molecule has 0 bridgehead atoms. The number of nitrogens with one attached hydrogen (secondary N) is 1. The van der Waals surface area contributed by atoms with E-state index in [2.05, 4.69) is 19.2 Å². The van der Waals surface area contributed by atoms with Gasteiger partial charge in [0.25, 0.3) is 0 Å². The van der Waals surface area contributed by atoms with Crippen molar-refractivity contribution in [3.63, 3.8) is 0 Å². The summed E-state index contributed by atoms with van der Waals surface area (Å²) >= 11 is 5.92. The molecule has 2 atom stereocenters. The molecule has 184 valence electrons. The number of benzene rings is 2. The van der Waals surface area contributed by atoms with E-state index in [-0.39, 0.29) is 35.8 Å². The van der Waals surface area contributed by atoms with Crippen molar-refractivity contribution in [3.8, 4) is 5.75 Å². The van der Waals surface area contributed by atoms with E-state index in [0.717, 1.165) is 24.2 Å². The molecule has 0 spiro atoms. The summed E-state index contributed by atoms with van der Waals surface area (Å²) in [6.07, 6.45) is 3.75. The van der Waals surface area contributed by atoms with E-state index in [1.165, 1.54) is 4.31 Å². The van der Waals surface area contributed by atoms with E-state index >= 15 is 0 Å². The first-order valence-corrected chi connectivity index (χ1v) is 14.0. The first kappa shape index (κ1) is 25.0. The number of rotatable bonds is 7. The molecule has 0 radical (unpaired) electrons. The lowest BCUT2D eigenvalue weighted by Crippen LogP contribution is -2.49. The molecule has 2 aromatic carbocycles. The predicted octanol–water partition coefficient (Wildman–Crippen LogP) is 5.08. The smallest absolute Gasteiger partial charge is 0.224 e. The molecule has 2 aliphatic rings. The number of carbonyl (C=O) groups is 1. The van der Waals surface area contributed by atoms with Crippen molar-refractivity contribution in [1.29, 1.82) is 0 Å². The Labute approximate surface area is 207 Å². The van der Waals surface area contributed by atoms with Crippen LogP contribution in [0.15, 0.2) is 48.5 Å². The first-order chi connectivity index (χ1) is 16.2. The lowest BCUT2D eigenvalue weighted by Gasteiger charge is -2.42. The van der Waals surface area contributed by atoms with Gasteiger partial charge in [-0.1, -0.05) is 55.8 Å². The van der Waals surface area contributed by atoms with Gasteiger partial charge in [-0.05, 0) is 49.4 Å². The maximum absolute atomic E-state index is 13.3. The van der Waals surface area contributed by atoms with Crippen LogP contribution in [0.25, 0.3) is 0 Å². The Hall–Kier alpha value is -2.09. The fraction of sp³-hybridized carbons (Fsp3) is 0.500. The minimum absolute atomic E-state index is 0.0887. The van der Waals surface area contributed by atoms with Gasteiger partial charge in [0.05, 0.1) is 17.7 Å². The van der Waals surface area contributed by atoms with Crippen LogP contribution in [0.3, 0.4) is 0 Å². The summed E-state index contributed by atoms with van der Waals surface area (Å²) in [7, 11) is -3.53. The lowest BCUT2D eigenvalue weighted by atomic mass is 9.83. The predicted molar refractivity (Wildman–Crippen MR) is 134 cm³/mol. The van der Waals surface area contributed by atoms with Gasteiger partial charge in [-0.3, -0.25) is 4.79 Å². The largest absolute Gasteiger partial charge is 0.487 e. The van der Waals surface area contributed by atoms with Crippen LogP contribution in [0.2, 0.25) is 5.02 Å². The molecule has 1 amide bonds. The number of carbonyl (C=O) groups excluding carboxylic acids is 1. The molecule has 1 N–H and O–H groups in total. The maximum atomic E-state index is 13.3. The molecule has 2 aromatic rings. The van der Waals surface area contributed by atoms with Crippen molar-refractivity contribution in [2.24, 2.45) is 5.92 Å². The normalized spacial score (nSPS) is 22.4. The molecule has 0 saturated carbocycles. The Morgan fingerprint density at radius 2 is 1.85 bits per heavy atom. The first-order valence-electron chi connectivity index (χ1n) is 12.1. The summed E-state index contributed by atoms with van der Waals surface area (Å²) in [5.74, 6) is 0.260. The number of piperidine rings is 1. The molecule has 2 heterocycles. The fourth-order valence-electron chi connectivity index (χ4n) is 5.01. The number of sulfonamides is 1. The van der Waals surface area contributed by atoms with Gasteiger partial charge in [-0.15, -0.1) is 0 Å². The summed E-state index contributed by atoms with van der Waals surface area (Å²) in [5.41, 5.74) is 1.36. The number of halogens is 1. The topological polar surface area (TPSA) is 75.7 Å². The van der Waals surface area contributed by atoms with Crippen molar-refractivity contribution >= 4 is 27.5 Å². The number of nitrogens with zero attached hydrogens (tertiary/aromatic N) is 1. The van der Waals surface area contributed by atoms with Gasteiger partial charge < -0.3 is 10.1 Å². The zero-order valence-corrected chi connectivity index (χ0v) is 21.4. The Morgan fingerprint density at radius 1 is 1.15 bits per heavy atom. The van der Waals surface area contributed by atoms with Crippen molar-refractivity contribution < 1.29 is 17.9 Å². The molecule has 8 heteroatoms. The van der Waals surface area contributed by atoms with Crippen LogP contribution in [-0.4, -0.2) is 37.3 Å². The standard InChI is InChI=1S/C26H33ClN2O4S/c1-3-26(4-2)16-23(22-9-5-6-10-24(22)33-26)28-25(30)20-8-7-15-29(17-20)34(31,32)18-19-11-13-21(27)14-12-19/h5-6,9-14,20,23H,3-4,7-8,15-18H2,1-2H3,(H,28,30)/t20-,23-/m1/s1. The molecule has 0 aliphatic carbocycles. The second-order valence-corrected chi connectivity index (χ2v) is 11.8. The van der Waals surface area contributed by atoms with E-state index in [1.54, 1.807) is 24.3 Å². The van der Waals surface area contributed by atoms with E-state index in [1.807, 2.05) is 24.3 Å². The third kappa shape index (κ3) is 5.42. The van der Waals surface area contributed by atoms with Crippen LogP contribution < -0.4 is 10.1 Å². The van der Waals surface area contributed by atoms with Gasteiger partial charge in [0.1, 0.15) is 11.4 Å². The Bertz CT molecular complexity index is 1120. The molecule has 4 rings (SSSR count). The second kappa shape index (κ2) is 10.3. The summed E-state index contributed by atoms with van der Waals surface area (Å²) in [5, 5.41) is 3.81. The highest BCUT2D eigenvalue weighted by Gasteiger charge is 2.40. The average Bonchev–Trinajstić information content (AvgIpc) is 2.85. The average molecular weight is 505 g/mol. The molecule has 2 aliphatic heterocycles. The highest BCUT2D eigenvalue weighted by Crippen LogP contribution is 2.42. The Kier molecular flexibility index (Phi) is 7.55. The van der Waals surface area contributed by atoms with Gasteiger partial charge in [-0.25, -0.2) is 12.7 Å². The van der Waals surface area contributed by atoms with E-state index in [9.17, 15) is 13.2 Å². The van der Waals surface area contributed by atoms with Crippen molar-refractivity contribution in [2.75, 3.05) is 13.1 Å². The van der Waals surface area contributed by atoms with Gasteiger partial charge in [0, 0.05) is 30.1 Å². The Morgan fingerprint density at radius 3 is 2.56 bits per heavy atom. The summed E-state index contributed by atoms with van der Waals surface area (Å²) < 4.78 is 34.0. The number of fused-ring (bicyclic) bond motifs is 1. The number of ether oxygens (including phenoxy) is 1. The number of hydrogen-bond acceptors (Lipinski definition) is 4. The van der Waals surface area contributed by atoms with Gasteiger partial charge >= 0.3 is 0 Å². The van der Waals surface area contributed by atoms with Crippen LogP contribution in [-0.2, 0) is 20.6 Å². The van der Waals surface area contributed by atoms with E-state index in [0.29, 0.717) is 36.4 Å². The molecular formula is C26H33ClN2O4S. The monoisotopic (exact) mass is 504 g/mol. The zero-order valence-electron chi connectivity index (χ0n) is 19.8. The summed E-state index contributed by atoms with van der Waals surface area (Å²) in [6, 6.07) is 14.5. The molecule has 6 nitrogen and oxygen atoms in total. The van der Waals surface area contributed by atoms with Crippen LogP contribution in [0.5, 0.6) is 5.75 Å². The minimum Gasteiger partial charge on any atom is -0.487 e. The number of amides is 1. The molecule has 1 fully saturated rings. The molecule has 1 saturated heterocycles. The van der Waals surface area contributed by atoms with Crippen LogP contribution in [0, 0.1) is 5.92 Å². The SMILES string of the molecule is CCC1(CC)C[C@@H](NC(=O)[C@@H]2CCCN(S(=O)(=O)Cc3ccc(Cl)cc3)C2)c2ccccc2O1. The maximum Gasteiger partial charge on any atom is 0.224 e. The van der Waals surface area contributed by atoms with Crippen molar-refractivity contribution in [2.45, 2.75) is 63.3 Å². The third-order valence-corrected chi connectivity index (χ3v) is 9.28. The lowest BCUT2D eigenvalue weighted by molar-refractivity contribution is -0.127. The highest BCUT2D eigenvalue weighted by atomic mass is 35.5. The molecule has 0 aromatic heterocycles. The van der Waals surface area contributed by atoms with Crippen LogP contribution in [0.1, 0.15) is 63.1 Å². The summed E-state index contributed by atoms with van der Waals surface area (Å²) in [6.45, 7) is 4.87. The quantitative estimate of drug-likeness (QED) is 0.570. The molecular weight excluding hydrogens is 472 g/mol. The van der Waals surface area contributed by atoms with Gasteiger partial charge in [0.15, 0.2) is 0 Å². The minimum atomic E-state index is -3.53.